The lowest BCUT2D eigenvalue weighted by Gasteiger charge is -2.36. The molecule has 0 aromatic heterocycles. The van der Waals surface area contributed by atoms with Crippen LogP contribution in [0.2, 0.25) is 0 Å². The molecule has 1 heterocycles. The van der Waals surface area contributed by atoms with Gasteiger partial charge in [-0.05, 0) is 56.7 Å². The topological polar surface area (TPSA) is 87.2 Å². The van der Waals surface area contributed by atoms with E-state index in [0.29, 0.717) is 18.7 Å². The van der Waals surface area contributed by atoms with E-state index in [4.69, 9.17) is 4.74 Å². The van der Waals surface area contributed by atoms with Crippen LogP contribution in [0.1, 0.15) is 27.2 Å². The molecular formula is C20H23BrN2O5S. The summed E-state index contributed by atoms with van der Waals surface area (Å²) in [5.74, 6) is 0.382. The van der Waals surface area contributed by atoms with Gasteiger partial charge in [0.15, 0.2) is 0 Å². The normalized spacial score (nSPS) is 16.0. The van der Waals surface area contributed by atoms with Crippen molar-refractivity contribution in [2.45, 2.75) is 37.7 Å². The van der Waals surface area contributed by atoms with Gasteiger partial charge in [0.2, 0.25) is 0 Å². The van der Waals surface area contributed by atoms with E-state index in [-0.39, 0.29) is 22.9 Å². The quantitative estimate of drug-likeness (QED) is 0.668. The molecule has 1 aliphatic heterocycles. The molecule has 0 fully saturated rings. The molecule has 0 bridgehead atoms. The maximum atomic E-state index is 13.3. The molecule has 156 valence electrons. The first-order chi connectivity index (χ1) is 13.5. The van der Waals surface area contributed by atoms with Gasteiger partial charge in [-0.2, -0.15) is 4.31 Å². The van der Waals surface area contributed by atoms with Crippen LogP contribution in [0.4, 0.5) is 16.2 Å². The van der Waals surface area contributed by atoms with Gasteiger partial charge < -0.3 is 9.84 Å². The average Bonchev–Trinajstić information content (AvgIpc) is 2.64. The van der Waals surface area contributed by atoms with Crippen LogP contribution in [0.5, 0.6) is 5.75 Å². The molecule has 0 radical (unpaired) electrons. The molecule has 0 saturated carbocycles. The van der Waals surface area contributed by atoms with Gasteiger partial charge in [-0.25, -0.2) is 13.2 Å². The second-order valence-electron chi connectivity index (χ2n) is 7.41. The Morgan fingerprint density at radius 1 is 1.14 bits per heavy atom. The molecule has 0 saturated heterocycles. The van der Waals surface area contributed by atoms with Crippen molar-refractivity contribution in [2.24, 2.45) is 0 Å². The molecule has 0 atom stereocenters. The molecule has 0 unspecified atom stereocenters. The number of amides is 2. The summed E-state index contributed by atoms with van der Waals surface area (Å²) in [7, 11) is -4.09. The molecular weight excluding hydrogens is 460 g/mol. The van der Waals surface area contributed by atoms with Gasteiger partial charge >= 0.3 is 6.03 Å². The number of carbonyl (C=O) groups excluding carboxylic acids is 1. The predicted molar refractivity (Wildman–Crippen MR) is 115 cm³/mol. The van der Waals surface area contributed by atoms with E-state index in [1.54, 1.807) is 38.1 Å². The predicted octanol–water partition coefficient (Wildman–Crippen LogP) is 4.14. The standard InChI is InChI=1S/C20H23BrN2O5S/c1-4-11-22-17-12-16(28-13-20(2,3)25)9-10-18(17)29(26,27)23(19(22)24)15-7-5-14(21)6-8-15/h5-10,12,25H,4,11,13H2,1-3H3. The highest BCUT2D eigenvalue weighted by Gasteiger charge is 2.42. The van der Waals surface area contributed by atoms with E-state index in [9.17, 15) is 18.3 Å². The van der Waals surface area contributed by atoms with Crippen molar-refractivity contribution in [1.82, 2.24) is 0 Å². The van der Waals surface area contributed by atoms with Crippen molar-refractivity contribution in [3.63, 3.8) is 0 Å². The number of anilines is 2. The molecule has 3 rings (SSSR count). The van der Waals surface area contributed by atoms with Gasteiger partial charge in [-0.1, -0.05) is 22.9 Å². The minimum Gasteiger partial charge on any atom is -0.491 e. The lowest BCUT2D eigenvalue weighted by atomic mass is 10.2. The second-order valence-corrected chi connectivity index (χ2v) is 10.1. The van der Waals surface area contributed by atoms with Gasteiger partial charge in [0.25, 0.3) is 10.0 Å². The van der Waals surface area contributed by atoms with Crippen molar-refractivity contribution in [2.75, 3.05) is 22.4 Å². The average molecular weight is 483 g/mol. The van der Waals surface area contributed by atoms with Crippen LogP contribution in [0.15, 0.2) is 51.8 Å². The highest BCUT2D eigenvalue weighted by Crippen LogP contribution is 2.39. The maximum Gasteiger partial charge on any atom is 0.343 e. The summed E-state index contributed by atoms with van der Waals surface area (Å²) in [6.07, 6.45) is 0.647. The van der Waals surface area contributed by atoms with Crippen molar-refractivity contribution < 1.29 is 23.1 Å². The number of ether oxygens (including phenoxy) is 1. The fourth-order valence-electron chi connectivity index (χ4n) is 2.96. The van der Waals surface area contributed by atoms with Crippen molar-refractivity contribution in [3.8, 4) is 5.75 Å². The molecule has 1 aliphatic rings. The van der Waals surface area contributed by atoms with Crippen molar-refractivity contribution >= 4 is 43.4 Å². The zero-order valence-electron chi connectivity index (χ0n) is 16.4. The summed E-state index contributed by atoms with van der Waals surface area (Å²) >= 11 is 3.32. The van der Waals surface area contributed by atoms with E-state index in [2.05, 4.69) is 15.9 Å². The largest absolute Gasteiger partial charge is 0.491 e. The van der Waals surface area contributed by atoms with Gasteiger partial charge in [0, 0.05) is 17.1 Å². The molecule has 9 heteroatoms. The molecule has 7 nitrogen and oxygen atoms in total. The number of fused-ring (bicyclic) bond motifs is 1. The van der Waals surface area contributed by atoms with Crippen LogP contribution in [0, 0.1) is 0 Å². The number of benzene rings is 2. The van der Waals surface area contributed by atoms with Crippen LogP contribution in [-0.2, 0) is 10.0 Å². The maximum absolute atomic E-state index is 13.3. The van der Waals surface area contributed by atoms with Crippen LogP contribution >= 0.6 is 15.9 Å². The number of rotatable bonds is 6. The molecule has 2 aromatic carbocycles. The third-order valence-corrected chi connectivity index (χ3v) is 6.52. The van der Waals surface area contributed by atoms with Crippen LogP contribution in [0.3, 0.4) is 0 Å². The first-order valence-corrected chi connectivity index (χ1v) is 11.4. The zero-order valence-corrected chi connectivity index (χ0v) is 18.8. The Morgan fingerprint density at radius 2 is 1.79 bits per heavy atom. The number of halogens is 1. The minimum absolute atomic E-state index is 0.0316. The number of urea groups is 1. The minimum atomic E-state index is -4.09. The Labute approximate surface area is 179 Å². The summed E-state index contributed by atoms with van der Waals surface area (Å²) in [6, 6.07) is 10.4. The summed E-state index contributed by atoms with van der Waals surface area (Å²) in [5, 5.41) is 9.86. The number of carbonyl (C=O) groups is 1. The molecule has 2 aromatic rings. The van der Waals surface area contributed by atoms with Crippen LogP contribution in [0.25, 0.3) is 0 Å². The van der Waals surface area contributed by atoms with Gasteiger partial charge in [-0.15, -0.1) is 0 Å². The number of sulfonamides is 1. The van der Waals surface area contributed by atoms with Gasteiger partial charge in [-0.3, -0.25) is 4.90 Å². The zero-order chi connectivity index (χ0) is 21.4. The Balaban J connectivity index is 2.09. The summed E-state index contributed by atoms with van der Waals surface area (Å²) in [6.45, 7) is 5.51. The van der Waals surface area contributed by atoms with E-state index >= 15 is 0 Å². The SMILES string of the molecule is CCCN1C(=O)N(c2ccc(Br)cc2)S(=O)(=O)c2ccc(OCC(C)(C)O)cc21. The molecule has 0 spiro atoms. The highest BCUT2D eigenvalue weighted by atomic mass is 79.9. The number of hydrogen-bond acceptors (Lipinski definition) is 5. The smallest absolute Gasteiger partial charge is 0.343 e. The molecule has 1 N–H and O–H groups in total. The Morgan fingerprint density at radius 3 is 2.38 bits per heavy atom. The fourth-order valence-corrected chi connectivity index (χ4v) is 4.79. The van der Waals surface area contributed by atoms with E-state index in [0.717, 1.165) is 8.78 Å². The molecule has 0 aliphatic carbocycles. The van der Waals surface area contributed by atoms with Crippen LogP contribution < -0.4 is 13.9 Å². The Bertz CT molecular complexity index is 1020. The first-order valence-electron chi connectivity index (χ1n) is 9.16. The summed E-state index contributed by atoms with van der Waals surface area (Å²) in [5.41, 5.74) is -0.495. The summed E-state index contributed by atoms with van der Waals surface area (Å²) < 4.78 is 33.7. The third-order valence-electron chi connectivity index (χ3n) is 4.24. The Kier molecular flexibility index (Phi) is 5.93. The van der Waals surface area contributed by atoms with E-state index < -0.39 is 21.7 Å². The Hall–Kier alpha value is -2.10. The monoisotopic (exact) mass is 482 g/mol. The second kappa shape index (κ2) is 7.97. The van der Waals surface area contributed by atoms with Gasteiger partial charge in [0.05, 0.1) is 17.0 Å². The fraction of sp³-hybridized carbons (Fsp3) is 0.350. The molecule has 2 amide bonds. The van der Waals surface area contributed by atoms with Gasteiger partial charge in [0.1, 0.15) is 17.3 Å². The van der Waals surface area contributed by atoms with Crippen LogP contribution in [-0.4, -0.2) is 38.3 Å². The summed E-state index contributed by atoms with van der Waals surface area (Å²) in [4.78, 5) is 14.7. The number of nitrogens with zero attached hydrogens (tertiary/aromatic N) is 2. The van der Waals surface area contributed by atoms with E-state index in [1.165, 1.54) is 23.1 Å². The first kappa shape index (κ1) is 21.6. The highest BCUT2D eigenvalue weighted by molar-refractivity contribution is 9.10. The number of hydrogen-bond donors (Lipinski definition) is 1. The third kappa shape index (κ3) is 4.41. The van der Waals surface area contributed by atoms with Crippen molar-refractivity contribution in [3.05, 3.63) is 46.9 Å². The lowest BCUT2D eigenvalue weighted by Crippen LogP contribution is -2.51. The number of aliphatic hydroxyl groups is 1. The molecule has 29 heavy (non-hydrogen) atoms. The van der Waals surface area contributed by atoms with E-state index in [1.807, 2.05) is 6.92 Å². The van der Waals surface area contributed by atoms with Crippen molar-refractivity contribution in [1.29, 1.82) is 0 Å². The lowest BCUT2D eigenvalue weighted by molar-refractivity contribution is 0.0285.